The summed E-state index contributed by atoms with van der Waals surface area (Å²) in [5.74, 6) is 1.95. The number of fused-ring (bicyclic) bond motifs is 2. The maximum Gasteiger partial charge on any atom is 0.255 e. The van der Waals surface area contributed by atoms with Crippen LogP contribution in [0.2, 0.25) is 0 Å². The minimum atomic E-state index is -0.830. The van der Waals surface area contributed by atoms with E-state index < -0.39 is 17.7 Å². The summed E-state index contributed by atoms with van der Waals surface area (Å²) in [6.07, 6.45) is 0.720. The number of hydrogen-bond donors (Lipinski definition) is 4. The van der Waals surface area contributed by atoms with Gasteiger partial charge in [0.1, 0.15) is 17.7 Å². The van der Waals surface area contributed by atoms with E-state index in [-0.39, 0.29) is 17.4 Å². The number of nitrogens with zero attached hydrogens (tertiary/aromatic N) is 2. The summed E-state index contributed by atoms with van der Waals surface area (Å²) in [7, 11) is 0. The fourth-order valence-corrected chi connectivity index (χ4v) is 5.50. The van der Waals surface area contributed by atoms with Crippen LogP contribution < -0.4 is 21.1 Å². The largest absolute Gasteiger partial charge is 0.492 e. The Hall–Kier alpha value is -2.74. The predicted octanol–water partition coefficient (Wildman–Crippen LogP) is 2.27. The van der Waals surface area contributed by atoms with Crippen molar-refractivity contribution in [3.8, 4) is 5.75 Å². The molecular formula is C26H39N5O3. The Morgan fingerprint density at radius 3 is 2.76 bits per heavy atom. The maximum atomic E-state index is 13.5. The van der Waals surface area contributed by atoms with Crippen molar-refractivity contribution in [3.63, 3.8) is 0 Å². The van der Waals surface area contributed by atoms with Crippen LogP contribution in [0.5, 0.6) is 5.75 Å². The molecule has 3 heterocycles. The number of benzene rings is 1. The molecule has 4 rings (SSSR count). The Bertz CT molecular complexity index is 1030. The van der Waals surface area contributed by atoms with Crippen LogP contribution in [-0.4, -0.2) is 65.2 Å². The molecule has 34 heavy (non-hydrogen) atoms. The Labute approximate surface area is 202 Å². The van der Waals surface area contributed by atoms with E-state index in [0.717, 1.165) is 23.4 Å². The lowest BCUT2D eigenvalue weighted by atomic mass is 9.79. The van der Waals surface area contributed by atoms with Crippen LogP contribution in [-0.2, 0) is 5.41 Å². The fraction of sp³-hybridized carbons (Fsp3) is 0.615. The van der Waals surface area contributed by atoms with E-state index in [9.17, 15) is 9.90 Å². The van der Waals surface area contributed by atoms with Crippen molar-refractivity contribution in [2.45, 2.75) is 83.5 Å². The van der Waals surface area contributed by atoms with E-state index in [0.29, 0.717) is 43.3 Å². The molecule has 0 saturated carbocycles. The third-order valence-electron chi connectivity index (χ3n) is 7.78. The number of carbonyl (C=O) groups excluding carboxylic acids is 1. The zero-order valence-electron chi connectivity index (χ0n) is 21.2. The smallest absolute Gasteiger partial charge is 0.255 e. The molecule has 0 aromatic heterocycles. The van der Waals surface area contributed by atoms with Gasteiger partial charge in [-0.2, -0.15) is 0 Å². The fourth-order valence-electron chi connectivity index (χ4n) is 5.50. The van der Waals surface area contributed by atoms with Crippen molar-refractivity contribution in [2.24, 2.45) is 10.7 Å². The molecule has 0 aliphatic carbocycles. The first-order chi connectivity index (χ1) is 16.0. The zero-order valence-corrected chi connectivity index (χ0v) is 21.2. The van der Waals surface area contributed by atoms with Crippen molar-refractivity contribution < 1.29 is 14.6 Å². The molecule has 3 unspecified atom stereocenters. The minimum absolute atomic E-state index is 0.0562. The molecule has 0 radical (unpaired) electrons. The van der Waals surface area contributed by atoms with Crippen LogP contribution in [0.25, 0.3) is 0 Å². The number of rotatable bonds is 4. The molecule has 2 fully saturated rings. The van der Waals surface area contributed by atoms with Crippen molar-refractivity contribution in [2.75, 3.05) is 19.7 Å². The topological polar surface area (TPSA) is 112 Å². The van der Waals surface area contributed by atoms with Crippen LogP contribution in [0.4, 0.5) is 0 Å². The number of allylic oxidation sites excluding steroid dienone is 1. The van der Waals surface area contributed by atoms with Crippen molar-refractivity contribution in [1.82, 2.24) is 15.5 Å². The highest BCUT2D eigenvalue weighted by molar-refractivity contribution is 5.98. The number of amidine groups is 1. The van der Waals surface area contributed by atoms with Crippen LogP contribution in [0.3, 0.4) is 0 Å². The Kier molecular flexibility index (Phi) is 6.31. The van der Waals surface area contributed by atoms with Crippen LogP contribution in [0.15, 0.2) is 34.6 Å². The predicted molar refractivity (Wildman–Crippen MR) is 134 cm³/mol. The molecule has 0 spiro atoms. The summed E-state index contributed by atoms with van der Waals surface area (Å²) in [5.41, 5.74) is 8.00. The Morgan fingerprint density at radius 1 is 1.35 bits per heavy atom. The zero-order chi connectivity index (χ0) is 24.8. The second-order valence-electron chi connectivity index (χ2n) is 10.7. The molecule has 1 aromatic rings. The first kappa shape index (κ1) is 24.4. The van der Waals surface area contributed by atoms with Gasteiger partial charge in [0.2, 0.25) is 0 Å². The quantitative estimate of drug-likeness (QED) is 0.398. The van der Waals surface area contributed by atoms with Gasteiger partial charge in [-0.3, -0.25) is 9.79 Å². The summed E-state index contributed by atoms with van der Waals surface area (Å²) in [6.45, 7) is 14.0. The van der Waals surface area contributed by atoms with Gasteiger partial charge in [0.05, 0.1) is 35.6 Å². The Morgan fingerprint density at radius 2 is 2.09 bits per heavy atom. The molecule has 3 aliphatic rings. The average Bonchev–Trinajstić information content (AvgIpc) is 3.04. The first-order valence-corrected chi connectivity index (χ1v) is 12.3. The molecule has 8 heteroatoms. The van der Waals surface area contributed by atoms with Gasteiger partial charge < -0.3 is 31.1 Å². The van der Waals surface area contributed by atoms with Gasteiger partial charge in [-0.25, -0.2) is 0 Å². The molecule has 2 saturated heterocycles. The summed E-state index contributed by atoms with van der Waals surface area (Å²) < 4.78 is 5.96. The molecule has 1 aromatic carbocycles. The lowest BCUT2D eigenvalue weighted by Crippen LogP contribution is -2.65. The minimum Gasteiger partial charge on any atom is -0.492 e. The molecule has 3 aliphatic heterocycles. The van der Waals surface area contributed by atoms with E-state index in [1.807, 2.05) is 39.8 Å². The van der Waals surface area contributed by atoms with E-state index in [4.69, 9.17) is 15.5 Å². The highest BCUT2D eigenvalue weighted by Crippen LogP contribution is 2.42. The number of aliphatic imine (C=N–C) groups is 1. The average molecular weight is 470 g/mol. The molecule has 5 N–H and O–H groups in total. The van der Waals surface area contributed by atoms with Crippen molar-refractivity contribution in [1.29, 1.82) is 0 Å². The molecule has 1 amide bonds. The molecule has 4 atom stereocenters. The standard InChI is InChI=1S/C26H39N5O3/c1-7-20(27)30-19-13-28-23(15(2)3)31-14-18(22(32)26(19,31)6)29-24(33)16-9-8-10-17-21(16)34-12-11-25(17,4)5/h8-10,18-19,22,28,32H,7,11-14H2,1-6H3,(H2,27,30)(H,29,33)/t18?,19?,22-,26?/m1/s1. The number of aliphatic hydroxyl groups is 1. The first-order valence-electron chi connectivity index (χ1n) is 12.3. The highest BCUT2D eigenvalue weighted by atomic mass is 16.5. The van der Waals surface area contributed by atoms with Crippen LogP contribution in [0.1, 0.15) is 70.3 Å². The van der Waals surface area contributed by atoms with Gasteiger partial charge in [-0.15, -0.1) is 0 Å². The monoisotopic (exact) mass is 469 g/mol. The second-order valence-corrected chi connectivity index (χ2v) is 10.7. The number of aliphatic hydroxyl groups excluding tert-OH is 1. The number of hydrogen-bond acceptors (Lipinski definition) is 6. The molecule has 0 bridgehead atoms. The SMILES string of the molecule is CCC(N)=NC1CNC(=C(C)C)N2CC(NC(=O)c3cccc4c3OCCC4(C)C)[C@@H](O)C12C. The van der Waals surface area contributed by atoms with Crippen LogP contribution >= 0.6 is 0 Å². The number of ether oxygens (including phenoxy) is 1. The lowest BCUT2D eigenvalue weighted by molar-refractivity contribution is 0.0137. The van der Waals surface area contributed by atoms with Gasteiger partial charge in [0, 0.05) is 25.1 Å². The normalized spacial score (nSPS) is 30.1. The van der Waals surface area contributed by atoms with E-state index >= 15 is 0 Å². The number of nitrogens with one attached hydrogen (secondary N) is 2. The van der Waals surface area contributed by atoms with Gasteiger partial charge in [-0.1, -0.05) is 32.9 Å². The number of nitrogens with two attached hydrogens (primary N) is 1. The molecule has 8 nitrogen and oxygen atoms in total. The van der Waals surface area contributed by atoms with Crippen LogP contribution in [0, 0.1) is 0 Å². The highest BCUT2D eigenvalue weighted by Gasteiger charge is 2.58. The van der Waals surface area contributed by atoms with Gasteiger partial charge in [0.25, 0.3) is 5.91 Å². The van der Waals surface area contributed by atoms with E-state index in [1.54, 1.807) is 6.07 Å². The third-order valence-corrected chi connectivity index (χ3v) is 7.78. The summed E-state index contributed by atoms with van der Waals surface area (Å²) in [5, 5.41) is 18.1. The second kappa shape index (κ2) is 8.80. The van der Waals surface area contributed by atoms with E-state index in [2.05, 4.69) is 29.4 Å². The van der Waals surface area contributed by atoms with Crippen molar-refractivity contribution >= 4 is 11.7 Å². The van der Waals surface area contributed by atoms with E-state index in [1.165, 1.54) is 0 Å². The van der Waals surface area contributed by atoms with Gasteiger partial charge in [0.15, 0.2) is 0 Å². The summed E-state index contributed by atoms with van der Waals surface area (Å²) in [4.78, 5) is 20.3. The number of amides is 1. The van der Waals surface area contributed by atoms with Crippen molar-refractivity contribution in [3.05, 3.63) is 40.7 Å². The molecule has 186 valence electrons. The Balaban J connectivity index is 1.65. The molecular weight excluding hydrogens is 430 g/mol. The maximum absolute atomic E-state index is 13.5. The van der Waals surface area contributed by atoms with Gasteiger partial charge in [-0.05, 0) is 44.2 Å². The summed E-state index contributed by atoms with van der Waals surface area (Å²) >= 11 is 0. The summed E-state index contributed by atoms with van der Waals surface area (Å²) in [6, 6.07) is 5.01. The third kappa shape index (κ3) is 3.91. The van der Waals surface area contributed by atoms with Gasteiger partial charge >= 0.3 is 0 Å². The lowest BCUT2D eigenvalue weighted by Gasteiger charge is -2.48. The number of para-hydroxylation sites is 1. The number of carbonyl (C=O) groups is 1.